The van der Waals surface area contributed by atoms with Gasteiger partial charge in [0.1, 0.15) is 23.5 Å². The number of pyridine rings is 1. The molecular formula is C21H26N2O2S. The lowest BCUT2D eigenvalue weighted by molar-refractivity contribution is 0.126. The molecular weight excluding hydrogens is 344 g/mol. The summed E-state index contributed by atoms with van der Waals surface area (Å²) in [5, 5.41) is 20.2. The maximum absolute atomic E-state index is 10.2. The van der Waals surface area contributed by atoms with Gasteiger partial charge in [0.05, 0.1) is 11.7 Å². The molecule has 1 unspecified atom stereocenters. The Morgan fingerprint density at radius 3 is 2.46 bits per heavy atom. The lowest BCUT2D eigenvalue weighted by Crippen LogP contribution is -2.20. The lowest BCUT2D eigenvalue weighted by atomic mass is 9.87. The zero-order valence-corrected chi connectivity index (χ0v) is 16.9. The third kappa shape index (κ3) is 5.48. The highest BCUT2D eigenvalue weighted by Crippen LogP contribution is 2.26. The summed E-state index contributed by atoms with van der Waals surface area (Å²) < 4.78 is 5.68. The highest BCUT2D eigenvalue weighted by molar-refractivity contribution is 7.99. The predicted octanol–water partition coefficient (Wildman–Crippen LogP) is 4.40. The summed E-state index contributed by atoms with van der Waals surface area (Å²) in [5.41, 5.74) is 3.70. The molecule has 2 aromatic rings. The summed E-state index contributed by atoms with van der Waals surface area (Å²) in [6, 6.07) is 12.0. The van der Waals surface area contributed by atoms with E-state index in [1.807, 2.05) is 32.0 Å². The quantitative estimate of drug-likeness (QED) is 0.764. The zero-order valence-electron chi connectivity index (χ0n) is 16.0. The van der Waals surface area contributed by atoms with Crippen LogP contribution in [0.5, 0.6) is 5.75 Å². The monoisotopic (exact) mass is 370 g/mol. The summed E-state index contributed by atoms with van der Waals surface area (Å²) >= 11 is 1.39. The van der Waals surface area contributed by atoms with Crippen LogP contribution >= 0.6 is 11.8 Å². The number of hydrogen-bond donors (Lipinski definition) is 1. The number of ether oxygens (including phenoxy) is 1. The summed E-state index contributed by atoms with van der Waals surface area (Å²) in [6.45, 7) is 10.5. The number of thioether (sulfide) groups is 1. The molecule has 5 heteroatoms. The van der Waals surface area contributed by atoms with Gasteiger partial charge in [-0.1, -0.05) is 32.9 Å². The molecule has 1 N–H and O–H groups in total. The van der Waals surface area contributed by atoms with Crippen LogP contribution < -0.4 is 4.74 Å². The van der Waals surface area contributed by atoms with E-state index in [9.17, 15) is 10.4 Å². The number of aliphatic hydroxyl groups is 1. The fourth-order valence-electron chi connectivity index (χ4n) is 2.51. The number of benzene rings is 1. The molecule has 1 heterocycles. The molecule has 1 atom stereocenters. The standard InChI is InChI=1S/C21H26N2O2S/c1-14-10-15(2)23-20(19(14)11-22)26-13-17(24)12-25-18-8-6-16(7-9-18)21(3,4)5/h6-10,17,24H,12-13H2,1-5H3. The van der Waals surface area contributed by atoms with Crippen molar-refractivity contribution in [2.45, 2.75) is 51.2 Å². The molecule has 0 amide bonds. The first-order chi connectivity index (χ1) is 12.2. The van der Waals surface area contributed by atoms with E-state index in [2.05, 4.69) is 44.0 Å². The van der Waals surface area contributed by atoms with Gasteiger partial charge in [0.15, 0.2) is 0 Å². The zero-order chi connectivity index (χ0) is 19.3. The van der Waals surface area contributed by atoms with E-state index in [0.29, 0.717) is 16.3 Å². The summed E-state index contributed by atoms with van der Waals surface area (Å²) in [7, 11) is 0. The van der Waals surface area contributed by atoms with Crippen molar-refractivity contribution in [2.75, 3.05) is 12.4 Å². The average molecular weight is 371 g/mol. The van der Waals surface area contributed by atoms with Gasteiger partial charge in [0, 0.05) is 11.4 Å². The third-order valence-corrected chi connectivity index (χ3v) is 5.12. The van der Waals surface area contributed by atoms with Crippen LogP contribution in [0, 0.1) is 25.2 Å². The van der Waals surface area contributed by atoms with Crippen LogP contribution in [0.4, 0.5) is 0 Å². The molecule has 0 aliphatic carbocycles. The Kier molecular flexibility index (Phi) is 6.69. The van der Waals surface area contributed by atoms with Crippen molar-refractivity contribution in [3.8, 4) is 11.8 Å². The molecule has 4 nitrogen and oxygen atoms in total. The molecule has 0 spiro atoms. The second kappa shape index (κ2) is 8.57. The van der Waals surface area contributed by atoms with Crippen molar-refractivity contribution in [3.05, 3.63) is 52.7 Å². The van der Waals surface area contributed by atoms with Crippen LogP contribution in [0.1, 0.15) is 43.2 Å². The molecule has 0 radical (unpaired) electrons. The van der Waals surface area contributed by atoms with E-state index in [0.717, 1.165) is 17.0 Å². The Morgan fingerprint density at radius 2 is 1.88 bits per heavy atom. The van der Waals surface area contributed by atoms with Crippen LogP contribution in [-0.4, -0.2) is 28.6 Å². The van der Waals surface area contributed by atoms with Crippen LogP contribution in [-0.2, 0) is 5.41 Å². The van der Waals surface area contributed by atoms with E-state index in [1.54, 1.807) is 0 Å². The Morgan fingerprint density at radius 1 is 1.23 bits per heavy atom. The van der Waals surface area contributed by atoms with Gasteiger partial charge in [-0.05, 0) is 48.6 Å². The van der Waals surface area contributed by atoms with Crippen LogP contribution in [0.2, 0.25) is 0 Å². The molecule has 0 saturated heterocycles. The molecule has 0 bridgehead atoms. The van der Waals surface area contributed by atoms with Crippen LogP contribution in [0.3, 0.4) is 0 Å². The Labute approximate surface area is 160 Å². The van der Waals surface area contributed by atoms with Gasteiger partial charge in [-0.15, -0.1) is 11.8 Å². The number of nitrogens with zero attached hydrogens (tertiary/aromatic N) is 2. The Bertz CT molecular complexity index is 789. The van der Waals surface area contributed by atoms with Crippen molar-refractivity contribution in [1.82, 2.24) is 4.98 Å². The SMILES string of the molecule is Cc1cc(C)c(C#N)c(SCC(O)COc2ccc(C(C)(C)C)cc2)n1. The van der Waals surface area contributed by atoms with Crippen molar-refractivity contribution in [2.24, 2.45) is 0 Å². The Hall–Kier alpha value is -2.03. The second-order valence-corrected chi connectivity index (χ2v) is 8.43. The number of rotatable bonds is 6. The van der Waals surface area contributed by atoms with E-state index in [1.165, 1.54) is 17.3 Å². The fourth-order valence-corrected chi connectivity index (χ4v) is 3.52. The first-order valence-electron chi connectivity index (χ1n) is 8.63. The summed E-state index contributed by atoms with van der Waals surface area (Å²) in [6.07, 6.45) is -0.642. The summed E-state index contributed by atoms with van der Waals surface area (Å²) in [4.78, 5) is 4.42. The maximum atomic E-state index is 10.2. The Balaban J connectivity index is 1.90. The molecule has 26 heavy (non-hydrogen) atoms. The van der Waals surface area contributed by atoms with Crippen molar-refractivity contribution in [1.29, 1.82) is 5.26 Å². The van der Waals surface area contributed by atoms with E-state index in [4.69, 9.17) is 4.74 Å². The van der Waals surface area contributed by atoms with Crippen molar-refractivity contribution in [3.63, 3.8) is 0 Å². The molecule has 0 aliphatic heterocycles. The topological polar surface area (TPSA) is 66.1 Å². The first-order valence-corrected chi connectivity index (χ1v) is 9.62. The molecule has 138 valence electrons. The third-order valence-electron chi connectivity index (χ3n) is 4.00. The smallest absolute Gasteiger partial charge is 0.119 e. The van der Waals surface area contributed by atoms with Crippen LogP contribution in [0.15, 0.2) is 35.4 Å². The first kappa shape index (κ1) is 20.3. The minimum absolute atomic E-state index is 0.103. The molecule has 2 rings (SSSR count). The van der Waals surface area contributed by atoms with E-state index < -0.39 is 6.10 Å². The van der Waals surface area contributed by atoms with Gasteiger partial charge in [-0.2, -0.15) is 5.26 Å². The summed E-state index contributed by atoms with van der Waals surface area (Å²) in [5.74, 6) is 1.16. The minimum atomic E-state index is -0.642. The second-order valence-electron chi connectivity index (χ2n) is 7.42. The van der Waals surface area contributed by atoms with Gasteiger partial charge >= 0.3 is 0 Å². The van der Waals surface area contributed by atoms with Crippen molar-refractivity contribution >= 4 is 11.8 Å². The minimum Gasteiger partial charge on any atom is -0.491 e. The highest BCUT2D eigenvalue weighted by atomic mass is 32.2. The number of nitriles is 1. The normalized spacial score (nSPS) is 12.5. The number of aryl methyl sites for hydroxylation is 2. The molecule has 0 saturated carbocycles. The fraction of sp³-hybridized carbons (Fsp3) is 0.429. The molecule has 1 aromatic carbocycles. The van der Waals surface area contributed by atoms with Gasteiger partial charge in [0.2, 0.25) is 0 Å². The van der Waals surface area contributed by atoms with Gasteiger partial charge in [-0.25, -0.2) is 4.98 Å². The molecule has 1 aromatic heterocycles. The van der Waals surface area contributed by atoms with Gasteiger partial charge in [-0.3, -0.25) is 0 Å². The number of hydrogen-bond acceptors (Lipinski definition) is 5. The number of aromatic nitrogens is 1. The van der Waals surface area contributed by atoms with E-state index in [-0.39, 0.29) is 12.0 Å². The number of aliphatic hydroxyl groups excluding tert-OH is 1. The highest BCUT2D eigenvalue weighted by Gasteiger charge is 2.14. The molecule has 0 fully saturated rings. The van der Waals surface area contributed by atoms with Gasteiger partial charge in [0.25, 0.3) is 0 Å². The van der Waals surface area contributed by atoms with Crippen molar-refractivity contribution < 1.29 is 9.84 Å². The lowest BCUT2D eigenvalue weighted by Gasteiger charge is -2.19. The van der Waals surface area contributed by atoms with Crippen LogP contribution in [0.25, 0.3) is 0 Å². The van der Waals surface area contributed by atoms with E-state index >= 15 is 0 Å². The predicted molar refractivity (Wildman–Crippen MR) is 106 cm³/mol. The largest absolute Gasteiger partial charge is 0.491 e. The van der Waals surface area contributed by atoms with Gasteiger partial charge < -0.3 is 9.84 Å². The molecule has 0 aliphatic rings. The maximum Gasteiger partial charge on any atom is 0.119 e. The average Bonchev–Trinajstić information content (AvgIpc) is 2.57.